The molecule has 1 aromatic heterocycles. The number of hydrogen-bond donors (Lipinski definition) is 1. The molecule has 0 unspecified atom stereocenters. The molecule has 0 atom stereocenters. The van der Waals surface area contributed by atoms with E-state index in [9.17, 15) is 4.79 Å². The third-order valence-corrected chi connectivity index (χ3v) is 3.83. The van der Waals surface area contributed by atoms with E-state index in [1.165, 1.54) is 12.5 Å². The number of ether oxygens (including phenoxy) is 1. The fraction of sp³-hybridized carbons (Fsp3) is 0.211. The molecule has 2 aromatic carbocycles. The first-order valence-corrected chi connectivity index (χ1v) is 7.85. The Morgan fingerprint density at radius 1 is 1.08 bits per heavy atom. The molecule has 5 nitrogen and oxygen atoms in total. The molecule has 3 rings (SSSR count). The zero-order valence-electron chi connectivity index (χ0n) is 13.9. The maximum atomic E-state index is 11.5. The average Bonchev–Trinajstić information content (AvgIpc) is 3.03. The zero-order chi connectivity index (χ0) is 17.1. The second kappa shape index (κ2) is 6.66. The molecular weight excluding hydrogens is 302 g/mol. The summed E-state index contributed by atoms with van der Waals surface area (Å²) in [6, 6.07) is 16.2. The number of hydrogen-bond acceptors (Lipinski definition) is 4. The molecular formula is C19H19N3O2. The molecule has 122 valence electrons. The van der Waals surface area contributed by atoms with E-state index in [-0.39, 0.29) is 17.4 Å². The van der Waals surface area contributed by atoms with Crippen molar-refractivity contribution in [2.45, 2.75) is 26.7 Å². The lowest BCUT2D eigenvalue weighted by Crippen LogP contribution is -1.96. The normalized spacial score (nSPS) is 10.8. The topological polar surface area (TPSA) is 67.9 Å². The standard InChI is InChI=1S/C19H19N3O2/c1-12(2)14-7-9-15(10-8-14)16-5-4-6-17(11-16)24-19-18(13(3)23)20-22-21-19/h4-12H,1-3H3,(H,20,21,22). The van der Waals surface area contributed by atoms with E-state index in [1.54, 1.807) is 0 Å². The van der Waals surface area contributed by atoms with Gasteiger partial charge < -0.3 is 4.74 Å². The Morgan fingerprint density at radius 3 is 2.50 bits per heavy atom. The molecule has 0 fully saturated rings. The number of benzene rings is 2. The molecule has 1 heterocycles. The van der Waals surface area contributed by atoms with Crippen molar-refractivity contribution in [3.8, 4) is 22.8 Å². The predicted octanol–water partition coefficient (Wildman–Crippen LogP) is 4.59. The number of aromatic amines is 1. The molecule has 0 spiro atoms. The van der Waals surface area contributed by atoms with Crippen LogP contribution in [0.5, 0.6) is 11.6 Å². The van der Waals surface area contributed by atoms with Crippen LogP contribution in [0.25, 0.3) is 11.1 Å². The Balaban J connectivity index is 1.86. The van der Waals surface area contributed by atoms with E-state index >= 15 is 0 Å². The van der Waals surface area contributed by atoms with Crippen LogP contribution in [0.15, 0.2) is 48.5 Å². The largest absolute Gasteiger partial charge is 0.436 e. The lowest BCUT2D eigenvalue weighted by atomic mass is 9.99. The second-order valence-electron chi connectivity index (χ2n) is 5.95. The third-order valence-electron chi connectivity index (χ3n) is 3.83. The van der Waals surface area contributed by atoms with Crippen molar-refractivity contribution in [2.24, 2.45) is 0 Å². The van der Waals surface area contributed by atoms with Crippen molar-refractivity contribution in [2.75, 3.05) is 0 Å². The van der Waals surface area contributed by atoms with Gasteiger partial charge in [0.1, 0.15) is 5.75 Å². The van der Waals surface area contributed by atoms with Crippen molar-refractivity contribution in [1.82, 2.24) is 15.4 Å². The molecule has 1 N–H and O–H groups in total. The molecule has 3 aromatic rings. The number of carbonyl (C=O) groups excluding carboxylic acids is 1. The van der Waals surface area contributed by atoms with Crippen LogP contribution in [-0.2, 0) is 0 Å². The summed E-state index contributed by atoms with van der Waals surface area (Å²) in [7, 11) is 0. The summed E-state index contributed by atoms with van der Waals surface area (Å²) in [6.07, 6.45) is 0. The molecule has 0 saturated carbocycles. The van der Waals surface area contributed by atoms with Gasteiger partial charge in [0.25, 0.3) is 5.88 Å². The summed E-state index contributed by atoms with van der Waals surface area (Å²) in [6.45, 7) is 5.79. The van der Waals surface area contributed by atoms with Gasteiger partial charge in [-0.25, -0.2) is 0 Å². The molecule has 0 radical (unpaired) electrons. The van der Waals surface area contributed by atoms with Crippen molar-refractivity contribution >= 4 is 5.78 Å². The first-order valence-electron chi connectivity index (χ1n) is 7.85. The van der Waals surface area contributed by atoms with Crippen LogP contribution in [0.1, 0.15) is 42.7 Å². The SMILES string of the molecule is CC(=O)c1[nH]nnc1Oc1cccc(-c2ccc(C(C)C)cc2)c1. The first-order chi connectivity index (χ1) is 11.5. The van der Waals surface area contributed by atoms with E-state index in [2.05, 4.69) is 53.5 Å². The Labute approximate surface area is 140 Å². The van der Waals surface area contributed by atoms with Gasteiger partial charge in [-0.15, -0.1) is 0 Å². The third kappa shape index (κ3) is 3.35. The molecule has 5 heteroatoms. The van der Waals surface area contributed by atoms with Crippen LogP contribution in [-0.4, -0.2) is 21.2 Å². The van der Waals surface area contributed by atoms with Gasteiger partial charge in [0.05, 0.1) is 0 Å². The van der Waals surface area contributed by atoms with Crippen LogP contribution < -0.4 is 4.74 Å². The van der Waals surface area contributed by atoms with Gasteiger partial charge in [0, 0.05) is 6.92 Å². The predicted molar refractivity (Wildman–Crippen MR) is 92.4 cm³/mol. The zero-order valence-corrected chi connectivity index (χ0v) is 13.9. The summed E-state index contributed by atoms with van der Waals surface area (Å²) >= 11 is 0. The molecule has 0 bridgehead atoms. The number of Topliss-reactive ketones (excluding diaryl/α,β-unsaturated/α-hetero) is 1. The van der Waals surface area contributed by atoms with Gasteiger partial charge in [-0.2, -0.15) is 0 Å². The van der Waals surface area contributed by atoms with Gasteiger partial charge in [-0.3, -0.25) is 9.89 Å². The van der Waals surface area contributed by atoms with Crippen molar-refractivity contribution in [3.05, 3.63) is 59.8 Å². The quantitative estimate of drug-likeness (QED) is 0.698. The first kappa shape index (κ1) is 15.9. The maximum absolute atomic E-state index is 11.5. The van der Waals surface area contributed by atoms with Gasteiger partial charge in [-0.05, 0) is 34.7 Å². The number of aromatic nitrogens is 3. The smallest absolute Gasteiger partial charge is 0.269 e. The lowest BCUT2D eigenvalue weighted by molar-refractivity contribution is 0.101. The van der Waals surface area contributed by atoms with Crippen LogP contribution >= 0.6 is 0 Å². The van der Waals surface area contributed by atoms with Gasteiger partial charge in [-0.1, -0.05) is 60.6 Å². The minimum absolute atomic E-state index is 0.171. The number of H-pyrrole nitrogens is 1. The van der Waals surface area contributed by atoms with E-state index in [4.69, 9.17) is 4.74 Å². The van der Waals surface area contributed by atoms with Crippen molar-refractivity contribution in [3.63, 3.8) is 0 Å². The van der Waals surface area contributed by atoms with E-state index in [0.29, 0.717) is 11.7 Å². The van der Waals surface area contributed by atoms with Gasteiger partial charge in [0.2, 0.25) is 0 Å². The molecule has 0 aliphatic carbocycles. The molecule has 0 aliphatic heterocycles. The molecule has 0 amide bonds. The van der Waals surface area contributed by atoms with Gasteiger partial charge >= 0.3 is 0 Å². The highest BCUT2D eigenvalue weighted by atomic mass is 16.5. The average molecular weight is 321 g/mol. The number of carbonyl (C=O) groups is 1. The monoisotopic (exact) mass is 321 g/mol. The van der Waals surface area contributed by atoms with E-state index < -0.39 is 0 Å². The highest BCUT2D eigenvalue weighted by Crippen LogP contribution is 2.28. The summed E-state index contributed by atoms with van der Waals surface area (Å²) in [4.78, 5) is 11.5. The molecule has 0 aliphatic rings. The minimum Gasteiger partial charge on any atom is -0.436 e. The Morgan fingerprint density at radius 2 is 1.83 bits per heavy atom. The lowest BCUT2D eigenvalue weighted by Gasteiger charge is -2.09. The summed E-state index contributed by atoms with van der Waals surface area (Å²) in [5, 5.41) is 10.00. The number of rotatable bonds is 5. The minimum atomic E-state index is -0.171. The van der Waals surface area contributed by atoms with E-state index in [0.717, 1.165) is 11.1 Å². The highest BCUT2D eigenvalue weighted by molar-refractivity contribution is 5.94. The Bertz CT molecular complexity index is 851. The Hall–Kier alpha value is -2.95. The molecule has 0 saturated heterocycles. The van der Waals surface area contributed by atoms with E-state index in [1.807, 2.05) is 24.3 Å². The Kier molecular flexibility index (Phi) is 4.42. The van der Waals surface area contributed by atoms with Crippen molar-refractivity contribution in [1.29, 1.82) is 0 Å². The summed E-state index contributed by atoms with van der Waals surface area (Å²) in [5.41, 5.74) is 3.72. The summed E-state index contributed by atoms with van der Waals surface area (Å²) < 4.78 is 5.71. The van der Waals surface area contributed by atoms with Crippen molar-refractivity contribution < 1.29 is 9.53 Å². The summed E-state index contributed by atoms with van der Waals surface area (Å²) in [5.74, 6) is 1.13. The fourth-order valence-electron chi connectivity index (χ4n) is 2.43. The van der Waals surface area contributed by atoms with Crippen LogP contribution in [0.4, 0.5) is 0 Å². The number of ketones is 1. The fourth-order valence-corrected chi connectivity index (χ4v) is 2.43. The van der Waals surface area contributed by atoms with Crippen LogP contribution in [0.3, 0.4) is 0 Å². The maximum Gasteiger partial charge on any atom is 0.269 e. The molecule has 24 heavy (non-hydrogen) atoms. The number of nitrogens with one attached hydrogen (secondary N) is 1. The van der Waals surface area contributed by atoms with Crippen LogP contribution in [0, 0.1) is 0 Å². The second-order valence-corrected chi connectivity index (χ2v) is 5.95. The number of nitrogens with zero attached hydrogens (tertiary/aromatic N) is 2. The van der Waals surface area contributed by atoms with Crippen LogP contribution in [0.2, 0.25) is 0 Å². The van der Waals surface area contributed by atoms with Gasteiger partial charge in [0.15, 0.2) is 11.5 Å². The highest BCUT2D eigenvalue weighted by Gasteiger charge is 2.14.